The number of hydrogen-bond donors (Lipinski definition) is 2. The molecule has 112 valence electrons. The summed E-state index contributed by atoms with van der Waals surface area (Å²) in [5.41, 5.74) is 2.15. The van der Waals surface area contributed by atoms with Crippen molar-refractivity contribution in [1.82, 2.24) is 0 Å². The fourth-order valence-electron chi connectivity index (χ4n) is 2.53. The third-order valence-electron chi connectivity index (χ3n) is 3.13. The number of carbonyl (C=O) groups excluding carboxylic acids is 1. The summed E-state index contributed by atoms with van der Waals surface area (Å²) >= 11 is 0. The first-order valence-electron chi connectivity index (χ1n) is 7.30. The van der Waals surface area contributed by atoms with Crippen LogP contribution in [0.3, 0.4) is 0 Å². The van der Waals surface area contributed by atoms with Gasteiger partial charge in [-0.15, -0.1) is 0 Å². The van der Waals surface area contributed by atoms with Crippen molar-refractivity contribution in [2.24, 2.45) is 11.3 Å². The molecule has 0 aromatic heterocycles. The molecular weight excluding hydrogens is 250 g/mol. The molecule has 1 rings (SSSR count). The Labute approximate surface area is 122 Å². The van der Waals surface area contributed by atoms with Crippen LogP contribution in [0.25, 0.3) is 0 Å². The molecule has 0 bridgehead atoms. The number of anilines is 1. The lowest BCUT2D eigenvalue weighted by Gasteiger charge is -2.22. The van der Waals surface area contributed by atoms with Gasteiger partial charge < -0.3 is 10.4 Å². The fourth-order valence-corrected chi connectivity index (χ4v) is 2.53. The van der Waals surface area contributed by atoms with E-state index in [4.69, 9.17) is 5.11 Å². The molecule has 1 aromatic carbocycles. The normalized spacial score (nSPS) is 13.1. The average Bonchev–Trinajstić information content (AvgIpc) is 2.29. The Hall–Kier alpha value is -1.35. The van der Waals surface area contributed by atoms with Crippen molar-refractivity contribution < 1.29 is 9.90 Å². The van der Waals surface area contributed by atoms with Gasteiger partial charge in [0.2, 0.25) is 5.91 Å². The number of amides is 1. The topological polar surface area (TPSA) is 49.3 Å². The van der Waals surface area contributed by atoms with E-state index in [1.54, 1.807) is 0 Å². The summed E-state index contributed by atoms with van der Waals surface area (Å²) in [6.45, 7) is 8.86. The van der Waals surface area contributed by atoms with Crippen LogP contribution in [0.2, 0.25) is 0 Å². The SMILES string of the molecule is C[C@H](CC(=O)Nc1ccc(CCO)cc1)CC(C)(C)C. The summed E-state index contributed by atoms with van der Waals surface area (Å²) < 4.78 is 0. The van der Waals surface area contributed by atoms with E-state index in [0.29, 0.717) is 18.8 Å². The van der Waals surface area contributed by atoms with Gasteiger partial charge in [-0.3, -0.25) is 4.79 Å². The van der Waals surface area contributed by atoms with E-state index in [1.165, 1.54) is 0 Å². The van der Waals surface area contributed by atoms with E-state index in [9.17, 15) is 4.79 Å². The molecule has 0 spiro atoms. The second-order valence-corrected chi connectivity index (χ2v) is 6.79. The number of aliphatic hydroxyl groups excluding tert-OH is 1. The summed E-state index contributed by atoms with van der Waals surface area (Å²) in [6.07, 6.45) is 2.24. The molecule has 0 unspecified atom stereocenters. The highest BCUT2D eigenvalue weighted by atomic mass is 16.2. The Kier molecular flexibility index (Phi) is 6.21. The third kappa shape index (κ3) is 6.71. The molecule has 0 radical (unpaired) electrons. The molecule has 20 heavy (non-hydrogen) atoms. The molecule has 0 aliphatic rings. The number of nitrogens with one attached hydrogen (secondary N) is 1. The predicted octanol–water partition coefficient (Wildman–Crippen LogP) is 3.62. The van der Waals surface area contributed by atoms with E-state index in [-0.39, 0.29) is 17.9 Å². The van der Waals surface area contributed by atoms with Crippen LogP contribution >= 0.6 is 0 Å². The van der Waals surface area contributed by atoms with Crippen molar-refractivity contribution in [3.63, 3.8) is 0 Å². The zero-order valence-corrected chi connectivity index (χ0v) is 13.1. The Morgan fingerprint density at radius 3 is 2.35 bits per heavy atom. The van der Waals surface area contributed by atoms with Gasteiger partial charge in [-0.2, -0.15) is 0 Å². The second-order valence-electron chi connectivity index (χ2n) is 6.79. The van der Waals surface area contributed by atoms with Gasteiger partial charge in [0, 0.05) is 18.7 Å². The first-order valence-corrected chi connectivity index (χ1v) is 7.30. The zero-order chi connectivity index (χ0) is 15.2. The minimum atomic E-state index is 0.0664. The third-order valence-corrected chi connectivity index (χ3v) is 3.13. The van der Waals surface area contributed by atoms with Crippen LogP contribution in [-0.2, 0) is 11.2 Å². The zero-order valence-electron chi connectivity index (χ0n) is 13.1. The minimum Gasteiger partial charge on any atom is -0.396 e. The number of aliphatic hydroxyl groups is 1. The van der Waals surface area contributed by atoms with E-state index in [1.807, 2.05) is 24.3 Å². The summed E-state index contributed by atoms with van der Waals surface area (Å²) in [4.78, 5) is 12.0. The second kappa shape index (κ2) is 7.44. The smallest absolute Gasteiger partial charge is 0.224 e. The van der Waals surface area contributed by atoms with Crippen LogP contribution in [0.1, 0.15) is 46.1 Å². The predicted molar refractivity (Wildman–Crippen MR) is 83.7 cm³/mol. The highest BCUT2D eigenvalue weighted by Gasteiger charge is 2.17. The lowest BCUT2D eigenvalue weighted by Crippen LogP contribution is -2.18. The Balaban J connectivity index is 2.45. The summed E-state index contributed by atoms with van der Waals surface area (Å²) in [6, 6.07) is 7.64. The number of hydrogen-bond acceptors (Lipinski definition) is 2. The Morgan fingerprint density at radius 2 is 1.85 bits per heavy atom. The van der Waals surface area contributed by atoms with Gasteiger partial charge >= 0.3 is 0 Å². The van der Waals surface area contributed by atoms with Gasteiger partial charge in [-0.05, 0) is 41.9 Å². The largest absolute Gasteiger partial charge is 0.396 e. The molecular formula is C17H27NO2. The van der Waals surface area contributed by atoms with E-state index >= 15 is 0 Å². The van der Waals surface area contributed by atoms with Crippen molar-refractivity contribution in [3.05, 3.63) is 29.8 Å². The molecule has 1 amide bonds. The van der Waals surface area contributed by atoms with Crippen molar-refractivity contribution in [2.75, 3.05) is 11.9 Å². The van der Waals surface area contributed by atoms with Crippen molar-refractivity contribution in [1.29, 1.82) is 0 Å². The van der Waals surface area contributed by atoms with E-state index in [2.05, 4.69) is 33.0 Å². The monoisotopic (exact) mass is 277 g/mol. The molecule has 0 saturated heterocycles. The molecule has 0 aliphatic heterocycles. The quantitative estimate of drug-likeness (QED) is 0.834. The number of rotatable bonds is 6. The minimum absolute atomic E-state index is 0.0664. The van der Waals surface area contributed by atoms with E-state index in [0.717, 1.165) is 17.7 Å². The van der Waals surface area contributed by atoms with Crippen LogP contribution in [0.4, 0.5) is 5.69 Å². The molecule has 0 fully saturated rings. The molecule has 1 aromatic rings. The van der Waals surface area contributed by atoms with Crippen LogP contribution in [0.15, 0.2) is 24.3 Å². The van der Waals surface area contributed by atoms with Gasteiger partial charge in [0.15, 0.2) is 0 Å². The summed E-state index contributed by atoms with van der Waals surface area (Å²) in [5, 5.41) is 11.8. The fraction of sp³-hybridized carbons (Fsp3) is 0.588. The van der Waals surface area contributed by atoms with Gasteiger partial charge in [-0.1, -0.05) is 39.8 Å². The molecule has 3 heteroatoms. The van der Waals surface area contributed by atoms with Crippen LogP contribution in [-0.4, -0.2) is 17.6 Å². The van der Waals surface area contributed by atoms with Crippen LogP contribution in [0.5, 0.6) is 0 Å². The maximum atomic E-state index is 12.0. The highest BCUT2D eigenvalue weighted by Crippen LogP contribution is 2.26. The molecule has 1 atom stereocenters. The highest BCUT2D eigenvalue weighted by molar-refractivity contribution is 5.90. The first-order chi connectivity index (χ1) is 9.30. The molecule has 2 N–H and O–H groups in total. The van der Waals surface area contributed by atoms with Gasteiger partial charge in [0.25, 0.3) is 0 Å². The lowest BCUT2D eigenvalue weighted by atomic mass is 9.84. The van der Waals surface area contributed by atoms with Gasteiger partial charge in [0.1, 0.15) is 0 Å². The maximum Gasteiger partial charge on any atom is 0.224 e. The number of benzene rings is 1. The van der Waals surface area contributed by atoms with Crippen molar-refractivity contribution in [2.45, 2.75) is 47.0 Å². The van der Waals surface area contributed by atoms with Crippen molar-refractivity contribution >= 4 is 11.6 Å². The molecule has 0 aliphatic carbocycles. The average molecular weight is 277 g/mol. The Bertz CT molecular complexity index is 418. The molecule has 0 heterocycles. The van der Waals surface area contributed by atoms with Gasteiger partial charge in [-0.25, -0.2) is 0 Å². The van der Waals surface area contributed by atoms with Crippen LogP contribution in [0, 0.1) is 11.3 Å². The van der Waals surface area contributed by atoms with E-state index < -0.39 is 0 Å². The molecule has 3 nitrogen and oxygen atoms in total. The maximum absolute atomic E-state index is 12.0. The summed E-state index contributed by atoms with van der Waals surface area (Å²) in [5.74, 6) is 0.445. The molecule has 0 saturated carbocycles. The van der Waals surface area contributed by atoms with Crippen LogP contribution < -0.4 is 5.32 Å². The van der Waals surface area contributed by atoms with Gasteiger partial charge in [0.05, 0.1) is 0 Å². The lowest BCUT2D eigenvalue weighted by molar-refractivity contribution is -0.117. The Morgan fingerprint density at radius 1 is 1.25 bits per heavy atom. The standard InChI is InChI=1S/C17H27NO2/c1-13(12-17(2,3)4)11-16(20)18-15-7-5-14(6-8-15)9-10-19/h5-8,13,19H,9-12H2,1-4H3,(H,18,20)/t13-/m1/s1. The number of carbonyl (C=O) groups is 1. The summed E-state index contributed by atoms with van der Waals surface area (Å²) in [7, 11) is 0. The van der Waals surface area contributed by atoms with Crippen molar-refractivity contribution in [3.8, 4) is 0 Å². The first kappa shape index (κ1) is 16.7.